The number of aliphatic hydroxyl groups is 2. The minimum Gasteiger partial charge on any atom is -0.393 e. The van der Waals surface area contributed by atoms with Crippen molar-refractivity contribution in [2.24, 2.45) is 5.92 Å². The second kappa shape index (κ2) is 6.41. The van der Waals surface area contributed by atoms with E-state index in [1.165, 1.54) is 0 Å². The van der Waals surface area contributed by atoms with E-state index < -0.39 is 5.60 Å². The second-order valence-electron chi connectivity index (χ2n) is 5.46. The Bertz CT molecular complexity index is 221. The molecular formula is C14H26O2. The summed E-state index contributed by atoms with van der Waals surface area (Å²) in [5.41, 5.74) is -0.552. The zero-order chi connectivity index (χ0) is 12.0. The Morgan fingerprint density at radius 3 is 2.69 bits per heavy atom. The lowest BCUT2D eigenvalue weighted by molar-refractivity contribution is 0.0516. The van der Waals surface area contributed by atoms with E-state index in [0.717, 1.165) is 44.9 Å². The van der Waals surface area contributed by atoms with Gasteiger partial charge in [-0.3, -0.25) is 0 Å². The van der Waals surface area contributed by atoms with Crippen LogP contribution < -0.4 is 0 Å². The predicted molar refractivity (Wildman–Crippen MR) is 67.3 cm³/mol. The lowest BCUT2D eigenvalue weighted by Gasteiger charge is -2.21. The van der Waals surface area contributed by atoms with E-state index in [2.05, 4.69) is 19.1 Å². The first kappa shape index (κ1) is 13.7. The molecule has 1 aliphatic rings. The number of hydrogen-bond donors (Lipinski definition) is 2. The SMILES string of the molecule is CCCCC(C)(O)C/C=C/C1CC[C@H](O)C1. The van der Waals surface area contributed by atoms with Gasteiger partial charge in [-0.05, 0) is 44.9 Å². The Balaban J connectivity index is 2.24. The highest BCUT2D eigenvalue weighted by Crippen LogP contribution is 2.27. The largest absolute Gasteiger partial charge is 0.393 e. The van der Waals surface area contributed by atoms with Gasteiger partial charge in [-0.2, -0.15) is 0 Å². The quantitative estimate of drug-likeness (QED) is 0.683. The van der Waals surface area contributed by atoms with Crippen LogP contribution >= 0.6 is 0 Å². The van der Waals surface area contributed by atoms with Gasteiger partial charge in [0, 0.05) is 0 Å². The molecule has 1 saturated carbocycles. The summed E-state index contributed by atoms with van der Waals surface area (Å²) in [6.07, 6.45) is 10.9. The molecule has 0 spiro atoms. The van der Waals surface area contributed by atoms with Gasteiger partial charge in [0.15, 0.2) is 0 Å². The van der Waals surface area contributed by atoms with E-state index in [1.807, 2.05) is 6.92 Å². The molecule has 2 heteroatoms. The van der Waals surface area contributed by atoms with E-state index in [0.29, 0.717) is 5.92 Å². The van der Waals surface area contributed by atoms with Crippen molar-refractivity contribution >= 4 is 0 Å². The summed E-state index contributed by atoms with van der Waals surface area (Å²) < 4.78 is 0. The van der Waals surface area contributed by atoms with Crippen molar-refractivity contribution in [2.75, 3.05) is 0 Å². The van der Waals surface area contributed by atoms with Gasteiger partial charge in [0.05, 0.1) is 11.7 Å². The summed E-state index contributed by atoms with van der Waals surface area (Å²) in [5.74, 6) is 0.525. The highest BCUT2D eigenvalue weighted by Gasteiger charge is 2.21. The molecule has 3 atom stereocenters. The van der Waals surface area contributed by atoms with Crippen LogP contribution in [-0.4, -0.2) is 21.9 Å². The molecule has 1 aliphatic carbocycles. The minimum atomic E-state index is -0.552. The molecule has 0 aromatic heterocycles. The maximum atomic E-state index is 10.1. The van der Waals surface area contributed by atoms with Gasteiger partial charge in [-0.15, -0.1) is 0 Å². The lowest BCUT2D eigenvalue weighted by Crippen LogP contribution is -2.22. The summed E-state index contributed by atoms with van der Waals surface area (Å²) in [6.45, 7) is 4.06. The Hall–Kier alpha value is -0.340. The first-order chi connectivity index (χ1) is 7.53. The van der Waals surface area contributed by atoms with Gasteiger partial charge >= 0.3 is 0 Å². The molecule has 2 N–H and O–H groups in total. The van der Waals surface area contributed by atoms with Gasteiger partial charge in [-0.25, -0.2) is 0 Å². The molecule has 94 valence electrons. The zero-order valence-electron chi connectivity index (χ0n) is 10.7. The average molecular weight is 226 g/mol. The van der Waals surface area contributed by atoms with Crippen molar-refractivity contribution in [3.63, 3.8) is 0 Å². The molecule has 0 aliphatic heterocycles. The number of rotatable bonds is 6. The third kappa shape index (κ3) is 5.13. The van der Waals surface area contributed by atoms with E-state index >= 15 is 0 Å². The highest BCUT2D eigenvalue weighted by molar-refractivity contribution is 4.96. The Labute approximate surface area is 99.4 Å². The topological polar surface area (TPSA) is 40.5 Å². The molecule has 0 aromatic carbocycles. The van der Waals surface area contributed by atoms with Crippen molar-refractivity contribution in [1.29, 1.82) is 0 Å². The highest BCUT2D eigenvalue weighted by atomic mass is 16.3. The van der Waals surface area contributed by atoms with E-state index in [9.17, 15) is 10.2 Å². The summed E-state index contributed by atoms with van der Waals surface area (Å²) in [6, 6.07) is 0. The predicted octanol–water partition coefficient (Wildman–Crippen LogP) is 3.03. The first-order valence-corrected chi connectivity index (χ1v) is 6.60. The monoisotopic (exact) mass is 226 g/mol. The number of aliphatic hydroxyl groups excluding tert-OH is 1. The van der Waals surface area contributed by atoms with Gasteiger partial charge in [-0.1, -0.05) is 31.9 Å². The molecule has 0 aromatic rings. The fourth-order valence-corrected chi connectivity index (χ4v) is 2.34. The fraction of sp³-hybridized carbons (Fsp3) is 0.857. The molecule has 0 heterocycles. The van der Waals surface area contributed by atoms with Crippen LogP contribution in [0.4, 0.5) is 0 Å². The summed E-state index contributed by atoms with van der Waals surface area (Å²) in [7, 11) is 0. The van der Waals surface area contributed by atoms with Crippen LogP contribution in [-0.2, 0) is 0 Å². The number of allylic oxidation sites excluding steroid dienone is 1. The van der Waals surface area contributed by atoms with Gasteiger partial charge in [0.1, 0.15) is 0 Å². The van der Waals surface area contributed by atoms with Crippen molar-refractivity contribution < 1.29 is 10.2 Å². The van der Waals surface area contributed by atoms with Gasteiger partial charge in [0.2, 0.25) is 0 Å². The number of hydrogen-bond acceptors (Lipinski definition) is 2. The lowest BCUT2D eigenvalue weighted by atomic mass is 9.94. The molecule has 0 saturated heterocycles. The van der Waals surface area contributed by atoms with Crippen LogP contribution in [0.5, 0.6) is 0 Å². The maximum Gasteiger partial charge on any atom is 0.0654 e. The molecular weight excluding hydrogens is 200 g/mol. The number of unbranched alkanes of at least 4 members (excludes halogenated alkanes) is 1. The van der Waals surface area contributed by atoms with Gasteiger partial charge < -0.3 is 10.2 Å². The minimum absolute atomic E-state index is 0.102. The average Bonchev–Trinajstić information content (AvgIpc) is 2.61. The summed E-state index contributed by atoms with van der Waals surface area (Å²) in [5, 5.41) is 19.5. The molecule has 0 bridgehead atoms. The van der Waals surface area contributed by atoms with Crippen molar-refractivity contribution in [3.8, 4) is 0 Å². The van der Waals surface area contributed by atoms with Crippen LogP contribution in [0.3, 0.4) is 0 Å². The van der Waals surface area contributed by atoms with Crippen LogP contribution in [0.15, 0.2) is 12.2 Å². The molecule has 1 fully saturated rings. The van der Waals surface area contributed by atoms with Gasteiger partial charge in [0.25, 0.3) is 0 Å². The van der Waals surface area contributed by atoms with Crippen LogP contribution in [0.25, 0.3) is 0 Å². The van der Waals surface area contributed by atoms with E-state index in [-0.39, 0.29) is 6.10 Å². The standard InChI is InChI=1S/C14H26O2/c1-3-4-9-14(2,16)10-5-6-12-7-8-13(15)11-12/h5-6,12-13,15-16H,3-4,7-11H2,1-2H3/b6-5+/t12?,13-,14?/m0/s1. The van der Waals surface area contributed by atoms with Crippen LogP contribution in [0.2, 0.25) is 0 Å². The van der Waals surface area contributed by atoms with Crippen molar-refractivity contribution in [2.45, 2.75) is 70.5 Å². The Morgan fingerprint density at radius 2 is 2.12 bits per heavy atom. The molecule has 2 nitrogen and oxygen atoms in total. The fourth-order valence-electron chi connectivity index (χ4n) is 2.34. The van der Waals surface area contributed by atoms with E-state index in [4.69, 9.17) is 0 Å². The summed E-state index contributed by atoms with van der Waals surface area (Å²) in [4.78, 5) is 0. The third-order valence-corrected chi connectivity index (χ3v) is 3.48. The normalized spacial score (nSPS) is 29.8. The van der Waals surface area contributed by atoms with Crippen molar-refractivity contribution in [3.05, 3.63) is 12.2 Å². The summed E-state index contributed by atoms with van der Waals surface area (Å²) >= 11 is 0. The van der Waals surface area contributed by atoms with Crippen LogP contribution in [0, 0.1) is 5.92 Å². The molecule has 1 rings (SSSR count). The third-order valence-electron chi connectivity index (χ3n) is 3.48. The smallest absolute Gasteiger partial charge is 0.0654 e. The molecule has 16 heavy (non-hydrogen) atoms. The van der Waals surface area contributed by atoms with E-state index in [1.54, 1.807) is 0 Å². The molecule has 2 unspecified atom stereocenters. The second-order valence-corrected chi connectivity index (χ2v) is 5.46. The first-order valence-electron chi connectivity index (χ1n) is 6.60. The molecule has 0 radical (unpaired) electrons. The maximum absolute atomic E-state index is 10.1. The zero-order valence-corrected chi connectivity index (χ0v) is 10.7. The Kier molecular flexibility index (Phi) is 5.50. The molecule has 0 amide bonds. The van der Waals surface area contributed by atoms with Crippen molar-refractivity contribution in [1.82, 2.24) is 0 Å². The Morgan fingerprint density at radius 1 is 1.38 bits per heavy atom. The van der Waals surface area contributed by atoms with Crippen LogP contribution in [0.1, 0.15) is 58.8 Å².